The molecule has 0 atom stereocenters. The fourth-order valence-electron chi connectivity index (χ4n) is 2.29. The van der Waals surface area contributed by atoms with Crippen molar-refractivity contribution in [3.63, 3.8) is 0 Å². The molecule has 0 aliphatic heterocycles. The zero-order chi connectivity index (χ0) is 16.8. The lowest BCUT2D eigenvalue weighted by Crippen LogP contribution is -2.16. The van der Waals surface area contributed by atoms with Gasteiger partial charge in [-0.3, -0.25) is 0 Å². The molecule has 0 amide bonds. The van der Waals surface area contributed by atoms with Crippen LogP contribution in [-0.4, -0.2) is 28.7 Å². The van der Waals surface area contributed by atoms with Crippen molar-refractivity contribution >= 4 is 38.5 Å². The monoisotopic (exact) mass is 350 g/mol. The Morgan fingerprint density at radius 3 is 2.57 bits per heavy atom. The maximum Gasteiger partial charge on any atom is 0.357 e. The molecule has 0 unspecified atom stereocenters. The van der Waals surface area contributed by atoms with Crippen LogP contribution in [0.4, 0.5) is 0 Å². The molecular weight excluding hydrogens is 340 g/mol. The van der Waals surface area contributed by atoms with Gasteiger partial charge >= 0.3 is 5.97 Å². The number of fused-ring (bicyclic) bond motifs is 1. The summed E-state index contributed by atoms with van der Waals surface area (Å²) in [6, 6.07) is 10.7. The van der Waals surface area contributed by atoms with Gasteiger partial charge in [0.15, 0.2) is 5.69 Å². The SMILES string of the molecule is Cc1ccc(S(=O)(=O)n2nc(C(=O)O)c3ccccc32)c(Cl)c1. The molecule has 0 radical (unpaired) electrons. The van der Waals surface area contributed by atoms with Crippen molar-refractivity contribution in [1.82, 2.24) is 9.19 Å². The van der Waals surface area contributed by atoms with Gasteiger partial charge < -0.3 is 5.11 Å². The number of carbonyl (C=O) groups is 1. The van der Waals surface area contributed by atoms with E-state index in [9.17, 15) is 18.3 Å². The predicted octanol–water partition coefficient (Wildman–Crippen LogP) is 2.93. The zero-order valence-electron chi connectivity index (χ0n) is 11.9. The molecular formula is C15H11ClN2O4S. The van der Waals surface area contributed by atoms with Crippen LogP contribution in [0.3, 0.4) is 0 Å². The van der Waals surface area contributed by atoms with Crippen LogP contribution in [0.1, 0.15) is 16.1 Å². The molecule has 118 valence electrons. The van der Waals surface area contributed by atoms with Crippen LogP contribution < -0.4 is 0 Å². The van der Waals surface area contributed by atoms with Crippen molar-refractivity contribution in [3.8, 4) is 0 Å². The van der Waals surface area contributed by atoms with Crippen molar-refractivity contribution in [2.24, 2.45) is 0 Å². The Hall–Kier alpha value is -2.38. The minimum atomic E-state index is -4.12. The first-order valence-corrected chi connectivity index (χ1v) is 8.37. The summed E-state index contributed by atoms with van der Waals surface area (Å²) in [5, 5.41) is 13.3. The van der Waals surface area contributed by atoms with Crippen LogP contribution in [0, 0.1) is 6.92 Å². The van der Waals surface area contributed by atoms with E-state index in [1.807, 2.05) is 0 Å². The predicted molar refractivity (Wildman–Crippen MR) is 85.5 cm³/mol. The van der Waals surface area contributed by atoms with Gasteiger partial charge in [-0.15, -0.1) is 5.10 Å². The van der Waals surface area contributed by atoms with E-state index in [1.165, 1.54) is 24.3 Å². The molecule has 0 saturated heterocycles. The Bertz CT molecular complexity index is 1040. The van der Waals surface area contributed by atoms with Crippen LogP contribution in [0.2, 0.25) is 5.02 Å². The summed E-state index contributed by atoms with van der Waals surface area (Å²) in [4.78, 5) is 11.2. The fraction of sp³-hybridized carbons (Fsp3) is 0.0667. The molecule has 8 heteroatoms. The number of aromatic nitrogens is 2. The van der Waals surface area contributed by atoms with Gasteiger partial charge in [0, 0.05) is 5.39 Å². The third kappa shape index (κ3) is 2.47. The third-order valence-corrected chi connectivity index (χ3v) is 5.42. The first-order chi connectivity index (χ1) is 10.8. The van der Waals surface area contributed by atoms with Gasteiger partial charge in [-0.25, -0.2) is 4.79 Å². The molecule has 1 N–H and O–H groups in total. The number of halogens is 1. The van der Waals surface area contributed by atoms with E-state index < -0.39 is 16.0 Å². The number of aryl methyl sites for hydroxylation is 1. The first kappa shape index (κ1) is 15.5. The highest BCUT2D eigenvalue weighted by atomic mass is 35.5. The lowest BCUT2D eigenvalue weighted by molar-refractivity contribution is 0.0692. The molecule has 0 saturated carbocycles. The number of benzene rings is 2. The summed E-state index contributed by atoms with van der Waals surface area (Å²) in [5.74, 6) is -1.30. The molecule has 23 heavy (non-hydrogen) atoms. The van der Waals surface area contributed by atoms with E-state index in [0.717, 1.165) is 5.56 Å². The van der Waals surface area contributed by atoms with E-state index in [2.05, 4.69) is 5.10 Å². The van der Waals surface area contributed by atoms with Crippen molar-refractivity contribution in [2.75, 3.05) is 0 Å². The van der Waals surface area contributed by atoms with Gasteiger partial charge in [-0.05, 0) is 30.7 Å². The maximum absolute atomic E-state index is 12.8. The van der Waals surface area contributed by atoms with Crippen LogP contribution in [0.15, 0.2) is 47.4 Å². The number of rotatable bonds is 3. The summed E-state index contributed by atoms with van der Waals surface area (Å²) in [5.41, 5.74) is 0.666. The van der Waals surface area contributed by atoms with E-state index >= 15 is 0 Å². The van der Waals surface area contributed by atoms with Crippen molar-refractivity contribution in [2.45, 2.75) is 11.8 Å². The highest BCUT2D eigenvalue weighted by Gasteiger charge is 2.26. The van der Waals surface area contributed by atoms with Gasteiger partial charge in [-0.2, -0.15) is 12.5 Å². The maximum atomic E-state index is 12.8. The second kappa shape index (κ2) is 5.36. The average Bonchev–Trinajstić information content (AvgIpc) is 2.87. The molecule has 3 rings (SSSR count). The number of hydrogen-bond acceptors (Lipinski definition) is 4. The van der Waals surface area contributed by atoms with Crippen LogP contribution >= 0.6 is 11.6 Å². The van der Waals surface area contributed by atoms with Gasteiger partial charge in [-0.1, -0.05) is 35.9 Å². The molecule has 2 aromatic carbocycles. The smallest absolute Gasteiger partial charge is 0.357 e. The molecule has 0 bridgehead atoms. The van der Waals surface area contributed by atoms with E-state index in [0.29, 0.717) is 4.09 Å². The number of carboxylic acid groups (broad SMARTS) is 1. The van der Waals surface area contributed by atoms with Crippen molar-refractivity contribution in [1.29, 1.82) is 0 Å². The molecule has 6 nitrogen and oxygen atoms in total. The van der Waals surface area contributed by atoms with E-state index in [-0.39, 0.29) is 26.5 Å². The standard InChI is InChI=1S/C15H11ClN2O4S/c1-9-6-7-13(11(16)8-9)23(21,22)18-12-5-3-2-4-10(12)14(17-18)15(19)20/h2-8H,1H3,(H,19,20). The van der Waals surface area contributed by atoms with Crippen LogP contribution in [-0.2, 0) is 10.0 Å². The Morgan fingerprint density at radius 2 is 1.91 bits per heavy atom. The summed E-state index contributed by atoms with van der Waals surface area (Å²) in [7, 11) is -4.12. The van der Waals surface area contributed by atoms with E-state index in [4.69, 9.17) is 11.6 Å². The minimum absolute atomic E-state index is 0.0569. The molecule has 0 fully saturated rings. The Balaban J connectivity index is 2.33. The fourth-order valence-corrected chi connectivity index (χ4v) is 4.16. The second-order valence-corrected chi connectivity index (χ2v) is 7.10. The lowest BCUT2D eigenvalue weighted by Gasteiger charge is -2.08. The normalized spacial score (nSPS) is 11.7. The second-order valence-electron chi connectivity index (χ2n) is 4.95. The van der Waals surface area contributed by atoms with Crippen LogP contribution in [0.5, 0.6) is 0 Å². The minimum Gasteiger partial charge on any atom is -0.476 e. The number of para-hydroxylation sites is 1. The van der Waals surface area contributed by atoms with Gasteiger partial charge in [0.25, 0.3) is 10.0 Å². The largest absolute Gasteiger partial charge is 0.476 e. The highest BCUT2D eigenvalue weighted by molar-refractivity contribution is 7.90. The van der Waals surface area contributed by atoms with Gasteiger partial charge in [0.2, 0.25) is 0 Å². The molecule has 0 spiro atoms. The number of aromatic carboxylic acids is 1. The molecule has 0 aliphatic carbocycles. The van der Waals surface area contributed by atoms with Crippen molar-refractivity contribution < 1.29 is 18.3 Å². The average molecular weight is 351 g/mol. The number of nitrogens with zero attached hydrogens (tertiary/aromatic N) is 2. The quantitative estimate of drug-likeness (QED) is 0.784. The Labute approximate surface area is 137 Å². The van der Waals surface area contributed by atoms with Gasteiger partial charge in [0.1, 0.15) is 4.90 Å². The topological polar surface area (TPSA) is 89.3 Å². The van der Waals surface area contributed by atoms with E-state index in [1.54, 1.807) is 25.1 Å². The zero-order valence-corrected chi connectivity index (χ0v) is 13.5. The summed E-state index contributed by atoms with van der Waals surface area (Å²) in [6.07, 6.45) is 0. The number of carboxylic acids is 1. The lowest BCUT2D eigenvalue weighted by atomic mass is 10.2. The summed E-state index contributed by atoms with van der Waals surface area (Å²) < 4.78 is 26.4. The Kier molecular flexibility index (Phi) is 3.62. The summed E-state index contributed by atoms with van der Waals surface area (Å²) in [6.45, 7) is 1.79. The van der Waals surface area contributed by atoms with Gasteiger partial charge in [0.05, 0.1) is 10.5 Å². The highest BCUT2D eigenvalue weighted by Crippen LogP contribution is 2.28. The molecule has 3 aromatic rings. The van der Waals surface area contributed by atoms with Crippen molar-refractivity contribution in [3.05, 3.63) is 58.7 Å². The third-order valence-electron chi connectivity index (χ3n) is 3.35. The molecule has 0 aliphatic rings. The molecule has 1 aromatic heterocycles. The van der Waals surface area contributed by atoms with Crippen LogP contribution in [0.25, 0.3) is 10.9 Å². The Morgan fingerprint density at radius 1 is 1.22 bits per heavy atom. The molecule has 1 heterocycles. The number of hydrogen-bond donors (Lipinski definition) is 1. The first-order valence-electron chi connectivity index (χ1n) is 6.55. The summed E-state index contributed by atoms with van der Waals surface area (Å²) >= 11 is 6.05.